The number of aryl methyl sites for hydroxylation is 1. The molecule has 0 aliphatic heterocycles. The molecule has 4 nitrogen and oxygen atoms in total. The molecule has 0 saturated heterocycles. The number of carbonyl (C=O) groups is 1. The maximum Gasteiger partial charge on any atom is 0.408 e. The van der Waals surface area contributed by atoms with Gasteiger partial charge in [-0.25, -0.2) is 4.79 Å². The van der Waals surface area contributed by atoms with Crippen LogP contribution in [0.3, 0.4) is 0 Å². The first-order valence-corrected chi connectivity index (χ1v) is 7.06. The Bertz CT molecular complexity index is 501. The Labute approximate surface area is 120 Å². The highest BCUT2D eigenvalue weighted by molar-refractivity contribution is 5.69. The van der Waals surface area contributed by atoms with Gasteiger partial charge in [-0.05, 0) is 51.7 Å². The van der Waals surface area contributed by atoms with Crippen LogP contribution in [0.4, 0.5) is 4.79 Å². The number of carbonyl (C=O) groups excluding carboxylic acids is 1. The molecule has 1 atom stereocenters. The van der Waals surface area contributed by atoms with Gasteiger partial charge in [0.25, 0.3) is 0 Å². The van der Waals surface area contributed by atoms with Gasteiger partial charge in [-0.2, -0.15) is 0 Å². The van der Waals surface area contributed by atoms with E-state index in [1.54, 1.807) is 0 Å². The van der Waals surface area contributed by atoms with Gasteiger partial charge in [0.05, 0.1) is 11.6 Å². The van der Waals surface area contributed by atoms with Crippen molar-refractivity contribution in [3.05, 3.63) is 35.4 Å². The highest BCUT2D eigenvalue weighted by Gasteiger charge is 2.50. The van der Waals surface area contributed by atoms with Crippen LogP contribution in [0.5, 0.6) is 0 Å². The van der Waals surface area contributed by atoms with Crippen LogP contribution in [0.2, 0.25) is 0 Å². The van der Waals surface area contributed by atoms with Crippen LogP contribution < -0.4 is 11.1 Å². The first-order chi connectivity index (χ1) is 9.23. The van der Waals surface area contributed by atoms with Crippen LogP contribution in [-0.4, -0.2) is 17.2 Å². The number of alkyl carbamates (subject to hydrolysis) is 1. The minimum absolute atomic E-state index is 0.198. The average molecular weight is 276 g/mol. The zero-order valence-corrected chi connectivity index (χ0v) is 12.7. The van der Waals surface area contributed by atoms with Gasteiger partial charge in [0.1, 0.15) is 5.60 Å². The van der Waals surface area contributed by atoms with Gasteiger partial charge in [0, 0.05) is 0 Å². The van der Waals surface area contributed by atoms with Gasteiger partial charge < -0.3 is 15.8 Å². The van der Waals surface area contributed by atoms with Crippen molar-refractivity contribution in [2.24, 2.45) is 5.73 Å². The summed E-state index contributed by atoms with van der Waals surface area (Å²) in [5.41, 5.74) is 7.77. The third-order valence-corrected chi connectivity index (χ3v) is 3.66. The minimum Gasteiger partial charge on any atom is -0.444 e. The van der Waals surface area contributed by atoms with E-state index < -0.39 is 5.60 Å². The lowest BCUT2D eigenvalue weighted by Gasteiger charge is -2.28. The molecule has 110 valence electrons. The molecule has 1 aromatic rings. The van der Waals surface area contributed by atoms with E-state index in [9.17, 15) is 4.79 Å². The number of hydrogen-bond donors (Lipinski definition) is 2. The fourth-order valence-electron chi connectivity index (χ4n) is 2.39. The van der Waals surface area contributed by atoms with E-state index in [2.05, 4.69) is 5.32 Å². The second-order valence-corrected chi connectivity index (χ2v) is 6.62. The quantitative estimate of drug-likeness (QED) is 0.891. The summed E-state index contributed by atoms with van der Waals surface area (Å²) in [5.74, 6) is 0. The van der Waals surface area contributed by atoms with Crippen LogP contribution in [0.1, 0.15) is 50.8 Å². The molecule has 1 aromatic carbocycles. The molecule has 1 saturated carbocycles. The Morgan fingerprint density at radius 3 is 2.45 bits per heavy atom. The van der Waals surface area contributed by atoms with E-state index in [4.69, 9.17) is 10.5 Å². The molecule has 1 amide bonds. The second-order valence-electron chi connectivity index (χ2n) is 6.62. The number of nitrogens with one attached hydrogen (secondary N) is 1. The van der Waals surface area contributed by atoms with E-state index in [-0.39, 0.29) is 17.7 Å². The standard InChI is InChI=1S/C16H24N2O2/c1-11-7-5-6-8-12(11)13(17)16(9-10-16)18-14(19)20-15(2,3)4/h5-8,13H,9-10,17H2,1-4H3,(H,18,19). The highest BCUT2D eigenvalue weighted by atomic mass is 16.6. The molecule has 0 radical (unpaired) electrons. The number of benzene rings is 1. The van der Waals surface area contributed by atoms with Crippen molar-refractivity contribution in [2.75, 3.05) is 0 Å². The molecule has 0 aromatic heterocycles. The maximum absolute atomic E-state index is 11.9. The van der Waals surface area contributed by atoms with E-state index in [0.717, 1.165) is 24.0 Å². The molecule has 0 heterocycles. The molecule has 0 spiro atoms. The lowest BCUT2D eigenvalue weighted by Crippen LogP contribution is -2.46. The lowest BCUT2D eigenvalue weighted by molar-refractivity contribution is 0.0487. The van der Waals surface area contributed by atoms with Crippen molar-refractivity contribution in [1.82, 2.24) is 5.32 Å². The molecular formula is C16H24N2O2. The first-order valence-electron chi connectivity index (χ1n) is 7.06. The minimum atomic E-state index is -0.493. The van der Waals surface area contributed by atoms with Gasteiger partial charge >= 0.3 is 6.09 Å². The van der Waals surface area contributed by atoms with E-state index >= 15 is 0 Å². The number of rotatable bonds is 3. The molecule has 1 fully saturated rings. The summed E-state index contributed by atoms with van der Waals surface area (Å²) < 4.78 is 5.32. The number of nitrogens with two attached hydrogens (primary N) is 1. The van der Waals surface area contributed by atoms with Crippen LogP contribution in [0, 0.1) is 6.92 Å². The third-order valence-electron chi connectivity index (χ3n) is 3.66. The molecule has 0 bridgehead atoms. The SMILES string of the molecule is Cc1ccccc1C(N)C1(NC(=O)OC(C)(C)C)CC1. The summed E-state index contributed by atoms with van der Waals surface area (Å²) in [6.07, 6.45) is 1.39. The van der Waals surface area contributed by atoms with Gasteiger partial charge in [0.15, 0.2) is 0 Å². The number of ether oxygens (including phenoxy) is 1. The normalized spacial score (nSPS) is 18.2. The topological polar surface area (TPSA) is 64.3 Å². The van der Waals surface area contributed by atoms with Gasteiger partial charge in [-0.3, -0.25) is 0 Å². The molecule has 2 rings (SSSR count). The number of amides is 1. The largest absolute Gasteiger partial charge is 0.444 e. The van der Waals surface area contributed by atoms with Crippen molar-refractivity contribution < 1.29 is 9.53 Å². The molecule has 4 heteroatoms. The summed E-state index contributed by atoms with van der Waals surface area (Å²) in [6, 6.07) is 7.84. The highest BCUT2D eigenvalue weighted by Crippen LogP contribution is 2.45. The molecule has 1 unspecified atom stereocenters. The second kappa shape index (κ2) is 5.09. The zero-order valence-electron chi connectivity index (χ0n) is 12.7. The van der Waals surface area contributed by atoms with Crippen LogP contribution >= 0.6 is 0 Å². The Morgan fingerprint density at radius 1 is 1.35 bits per heavy atom. The average Bonchev–Trinajstić information content (AvgIpc) is 3.07. The van der Waals surface area contributed by atoms with Gasteiger partial charge in [0.2, 0.25) is 0 Å². The van der Waals surface area contributed by atoms with Crippen molar-refractivity contribution in [1.29, 1.82) is 0 Å². The van der Waals surface area contributed by atoms with E-state index in [1.807, 2.05) is 52.0 Å². The Morgan fingerprint density at radius 2 is 1.95 bits per heavy atom. The molecule has 20 heavy (non-hydrogen) atoms. The first kappa shape index (κ1) is 14.9. The monoisotopic (exact) mass is 276 g/mol. The lowest BCUT2D eigenvalue weighted by atomic mass is 9.94. The Balaban J connectivity index is 2.08. The zero-order chi connectivity index (χ0) is 15.0. The third kappa shape index (κ3) is 3.31. The van der Waals surface area contributed by atoms with Crippen molar-refractivity contribution >= 4 is 6.09 Å². The molecule has 3 N–H and O–H groups in total. The van der Waals surface area contributed by atoms with Crippen molar-refractivity contribution in [3.63, 3.8) is 0 Å². The van der Waals surface area contributed by atoms with Crippen molar-refractivity contribution in [3.8, 4) is 0 Å². The summed E-state index contributed by atoms with van der Waals surface area (Å²) in [7, 11) is 0. The predicted molar refractivity (Wildman–Crippen MR) is 79.4 cm³/mol. The summed E-state index contributed by atoms with van der Waals surface area (Å²) in [6.45, 7) is 7.60. The fourth-order valence-corrected chi connectivity index (χ4v) is 2.39. The molecule has 1 aliphatic carbocycles. The molecule has 1 aliphatic rings. The predicted octanol–water partition coefficient (Wildman–Crippen LogP) is 3.05. The summed E-state index contributed by atoms with van der Waals surface area (Å²) >= 11 is 0. The Kier molecular flexibility index (Phi) is 3.78. The van der Waals surface area contributed by atoms with E-state index in [0.29, 0.717) is 0 Å². The molecular weight excluding hydrogens is 252 g/mol. The maximum atomic E-state index is 11.9. The van der Waals surface area contributed by atoms with Gasteiger partial charge in [-0.1, -0.05) is 24.3 Å². The van der Waals surface area contributed by atoms with Crippen LogP contribution in [0.15, 0.2) is 24.3 Å². The Hall–Kier alpha value is -1.55. The number of hydrogen-bond acceptors (Lipinski definition) is 3. The van der Waals surface area contributed by atoms with E-state index in [1.165, 1.54) is 0 Å². The van der Waals surface area contributed by atoms with Crippen LogP contribution in [0.25, 0.3) is 0 Å². The van der Waals surface area contributed by atoms with Crippen LogP contribution in [-0.2, 0) is 4.74 Å². The van der Waals surface area contributed by atoms with Gasteiger partial charge in [-0.15, -0.1) is 0 Å². The smallest absolute Gasteiger partial charge is 0.408 e. The fraction of sp³-hybridized carbons (Fsp3) is 0.562. The summed E-state index contributed by atoms with van der Waals surface area (Å²) in [5, 5.41) is 2.96. The summed E-state index contributed by atoms with van der Waals surface area (Å²) in [4.78, 5) is 11.9. The van der Waals surface area contributed by atoms with Crippen molar-refractivity contribution in [2.45, 2.75) is 57.7 Å².